The van der Waals surface area contributed by atoms with E-state index in [4.69, 9.17) is 4.74 Å². The van der Waals surface area contributed by atoms with Gasteiger partial charge in [-0.25, -0.2) is 0 Å². The van der Waals surface area contributed by atoms with Gasteiger partial charge in [0.05, 0.1) is 11.8 Å². The molecule has 4 heteroatoms. The Balaban J connectivity index is 1.57. The van der Waals surface area contributed by atoms with Gasteiger partial charge in [0.2, 0.25) is 5.91 Å². The molecule has 0 spiro atoms. The second kappa shape index (κ2) is 4.33. The smallest absolute Gasteiger partial charge is 0.310 e. The Morgan fingerprint density at radius 3 is 2.62 bits per heavy atom. The molecule has 4 nitrogen and oxygen atoms in total. The summed E-state index contributed by atoms with van der Waals surface area (Å²) in [7, 11) is 0. The van der Waals surface area contributed by atoms with Crippen LogP contribution in [0.2, 0.25) is 0 Å². The van der Waals surface area contributed by atoms with Crippen LogP contribution >= 0.6 is 0 Å². The maximum atomic E-state index is 12.6. The van der Waals surface area contributed by atoms with Crippen LogP contribution in [0.1, 0.15) is 24.0 Å². The molecule has 2 bridgehead atoms. The van der Waals surface area contributed by atoms with E-state index < -0.39 is 0 Å². The first-order valence-corrected chi connectivity index (χ1v) is 7.62. The molecule has 1 amide bonds. The van der Waals surface area contributed by atoms with Gasteiger partial charge >= 0.3 is 5.97 Å². The Morgan fingerprint density at radius 1 is 1.19 bits per heavy atom. The fraction of sp³-hybridized carbons (Fsp3) is 0.529. The molecular formula is C17H19NO3. The summed E-state index contributed by atoms with van der Waals surface area (Å²) in [5, 5.41) is 3.01. The zero-order valence-electron chi connectivity index (χ0n) is 12.3. The highest BCUT2D eigenvalue weighted by Gasteiger charge is 2.63. The first-order valence-electron chi connectivity index (χ1n) is 7.62. The SMILES string of the molecule is Cc1cc(C)cc(NC(=O)[C@@H]2[C@@H]3C[C@@H]4[C@@H]2C(=O)O[C@@H]4C3)c1. The number of anilines is 1. The summed E-state index contributed by atoms with van der Waals surface area (Å²) < 4.78 is 5.39. The maximum absolute atomic E-state index is 12.6. The zero-order chi connectivity index (χ0) is 14.7. The molecule has 0 radical (unpaired) electrons. The van der Waals surface area contributed by atoms with Crippen molar-refractivity contribution in [3.05, 3.63) is 29.3 Å². The second-order valence-electron chi connectivity index (χ2n) is 6.79. The van der Waals surface area contributed by atoms with Gasteiger partial charge in [-0.15, -0.1) is 0 Å². The molecule has 5 atom stereocenters. The van der Waals surface area contributed by atoms with E-state index in [1.807, 2.05) is 26.0 Å². The Bertz CT molecular complexity index is 617. The third kappa shape index (κ3) is 1.88. The van der Waals surface area contributed by atoms with Gasteiger partial charge in [0.25, 0.3) is 0 Å². The normalized spacial score (nSPS) is 35.9. The highest BCUT2D eigenvalue weighted by atomic mass is 16.6. The highest BCUT2D eigenvalue weighted by Crippen LogP contribution is 2.57. The van der Waals surface area contributed by atoms with E-state index in [0.717, 1.165) is 29.7 Å². The van der Waals surface area contributed by atoms with E-state index in [1.54, 1.807) is 0 Å². The molecule has 2 saturated carbocycles. The van der Waals surface area contributed by atoms with Gasteiger partial charge in [-0.3, -0.25) is 9.59 Å². The number of aryl methyl sites for hydroxylation is 2. The Kier molecular flexibility index (Phi) is 2.65. The topological polar surface area (TPSA) is 55.4 Å². The third-order valence-corrected chi connectivity index (χ3v) is 5.28. The standard InChI is InChI=1S/C17H19NO3/c1-8-3-9(2)5-11(4-8)18-16(19)14-10-6-12-13(7-10)21-17(20)15(12)14/h3-5,10,12-15H,6-7H2,1-2H3,(H,18,19)/t10-,12+,13-,14-,15+/m1/s1. The highest BCUT2D eigenvalue weighted by molar-refractivity contribution is 5.97. The minimum absolute atomic E-state index is 0.0187. The predicted octanol–water partition coefficient (Wildman–Crippen LogP) is 2.44. The van der Waals surface area contributed by atoms with Gasteiger partial charge in [0.15, 0.2) is 0 Å². The number of benzene rings is 1. The van der Waals surface area contributed by atoms with Crippen molar-refractivity contribution in [1.29, 1.82) is 0 Å². The fourth-order valence-corrected chi connectivity index (χ4v) is 4.64. The minimum atomic E-state index is -0.209. The number of hydrogen-bond donors (Lipinski definition) is 1. The van der Waals surface area contributed by atoms with Crippen LogP contribution in [0.3, 0.4) is 0 Å². The van der Waals surface area contributed by atoms with Gasteiger partial charge < -0.3 is 10.1 Å². The van der Waals surface area contributed by atoms with Crippen LogP contribution in [-0.2, 0) is 14.3 Å². The number of carbonyl (C=O) groups excluding carboxylic acids is 2. The van der Waals surface area contributed by atoms with Crippen LogP contribution in [-0.4, -0.2) is 18.0 Å². The first kappa shape index (κ1) is 12.9. The van der Waals surface area contributed by atoms with Crippen molar-refractivity contribution in [1.82, 2.24) is 0 Å². The van der Waals surface area contributed by atoms with Crippen LogP contribution in [0, 0.1) is 37.5 Å². The number of rotatable bonds is 2. The molecule has 0 aromatic heterocycles. The van der Waals surface area contributed by atoms with E-state index >= 15 is 0 Å². The molecule has 21 heavy (non-hydrogen) atoms. The van der Waals surface area contributed by atoms with Gasteiger partial charge in [0.1, 0.15) is 6.10 Å². The zero-order valence-corrected chi connectivity index (χ0v) is 12.3. The summed E-state index contributed by atoms with van der Waals surface area (Å²) in [4.78, 5) is 24.6. The van der Waals surface area contributed by atoms with Crippen LogP contribution in [0.25, 0.3) is 0 Å². The lowest BCUT2D eigenvalue weighted by Crippen LogP contribution is -2.35. The number of esters is 1. The average Bonchev–Trinajstić information content (AvgIpc) is 2.97. The van der Waals surface area contributed by atoms with Crippen molar-refractivity contribution >= 4 is 17.6 Å². The van der Waals surface area contributed by atoms with Crippen molar-refractivity contribution in [2.24, 2.45) is 23.7 Å². The molecule has 1 aliphatic heterocycles. The van der Waals surface area contributed by atoms with E-state index in [-0.39, 0.29) is 35.7 Å². The molecule has 1 N–H and O–H groups in total. The van der Waals surface area contributed by atoms with Crippen molar-refractivity contribution in [3.8, 4) is 0 Å². The first-order chi connectivity index (χ1) is 10.0. The quantitative estimate of drug-likeness (QED) is 0.849. The van der Waals surface area contributed by atoms with E-state index in [9.17, 15) is 9.59 Å². The number of amides is 1. The van der Waals surface area contributed by atoms with E-state index in [1.165, 1.54) is 0 Å². The molecule has 1 aromatic carbocycles. The molecule has 1 heterocycles. The number of fused-ring (bicyclic) bond motifs is 1. The molecule has 2 aliphatic carbocycles. The van der Waals surface area contributed by atoms with Crippen molar-refractivity contribution in [3.63, 3.8) is 0 Å². The van der Waals surface area contributed by atoms with Gasteiger partial charge in [-0.2, -0.15) is 0 Å². The lowest BCUT2D eigenvalue weighted by molar-refractivity contribution is -0.145. The molecule has 3 aliphatic rings. The lowest BCUT2D eigenvalue weighted by Gasteiger charge is -2.23. The third-order valence-electron chi connectivity index (χ3n) is 5.28. The summed E-state index contributed by atoms with van der Waals surface area (Å²) in [6.45, 7) is 4.03. The van der Waals surface area contributed by atoms with Crippen molar-refractivity contribution in [2.75, 3.05) is 5.32 Å². The van der Waals surface area contributed by atoms with Gasteiger partial charge in [-0.05, 0) is 55.9 Å². The van der Waals surface area contributed by atoms with Gasteiger partial charge in [-0.1, -0.05) is 6.07 Å². The Labute approximate surface area is 123 Å². The molecular weight excluding hydrogens is 266 g/mol. The molecule has 0 unspecified atom stereocenters. The van der Waals surface area contributed by atoms with Crippen LogP contribution in [0.5, 0.6) is 0 Å². The number of hydrogen-bond acceptors (Lipinski definition) is 3. The second-order valence-corrected chi connectivity index (χ2v) is 6.79. The Morgan fingerprint density at radius 2 is 1.90 bits per heavy atom. The van der Waals surface area contributed by atoms with Crippen molar-refractivity contribution in [2.45, 2.75) is 32.8 Å². The predicted molar refractivity (Wildman–Crippen MR) is 77.6 cm³/mol. The number of carbonyl (C=O) groups is 2. The maximum Gasteiger partial charge on any atom is 0.310 e. The van der Waals surface area contributed by atoms with E-state index in [2.05, 4.69) is 11.4 Å². The summed E-state index contributed by atoms with van der Waals surface area (Å²) in [6, 6.07) is 6.01. The summed E-state index contributed by atoms with van der Waals surface area (Å²) in [6.07, 6.45) is 1.90. The fourth-order valence-electron chi connectivity index (χ4n) is 4.64. The average molecular weight is 285 g/mol. The monoisotopic (exact) mass is 285 g/mol. The van der Waals surface area contributed by atoms with Crippen LogP contribution in [0.15, 0.2) is 18.2 Å². The molecule has 3 fully saturated rings. The summed E-state index contributed by atoms with van der Waals surface area (Å²) >= 11 is 0. The molecule has 4 rings (SSSR count). The van der Waals surface area contributed by atoms with E-state index in [0.29, 0.717) is 5.92 Å². The minimum Gasteiger partial charge on any atom is -0.462 e. The summed E-state index contributed by atoms with van der Waals surface area (Å²) in [5.74, 6) is -0.0121. The number of ether oxygens (including phenoxy) is 1. The Hall–Kier alpha value is -1.84. The lowest BCUT2D eigenvalue weighted by atomic mass is 9.79. The van der Waals surface area contributed by atoms with Crippen molar-refractivity contribution < 1.29 is 14.3 Å². The van der Waals surface area contributed by atoms with Crippen LogP contribution < -0.4 is 5.32 Å². The van der Waals surface area contributed by atoms with Gasteiger partial charge in [0, 0.05) is 11.6 Å². The molecule has 110 valence electrons. The summed E-state index contributed by atoms with van der Waals surface area (Å²) in [5.41, 5.74) is 3.07. The molecule has 1 saturated heterocycles. The largest absolute Gasteiger partial charge is 0.462 e. The molecule has 1 aromatic rings. The number of nitrogens with one attached hydrogen (secondary N) is 1. The van der Waals surface area contributed by atoms with Crippen LogP contribution in [0.4, 0.5) is 5.69 Å².